The average Bonchev–Trinajstić information content (AvgIpc) is 3.00. The predicted octanol–water partition coefficient (Wildman–Crippen LogP) is 3.38. The minimum absolute atomic E-state index is 0.139. The van der Waals surface area contributed by atoms with Crippen LogP contribution in [-0.4, -0.2) is 30.7 Å². The highest BCUT2D eigenvalue weighted by Gasteiger charge is 2.15. The summed E-state index contributed by atoms with van der Waals surface area (Å²) in [6.07, 6.45) is 4.17. The molecule has 0 bridgehead atoms. The highest BCUT2D eigenvalue weighted by molar-refractivity contribution is 5.63. The van der Waals surface area contributed by atoms with Crippen molar-refractivity contribution in [3.8, 4) is 11.3 Å². The van der Waals surface area contributed by atoms with Crippen molar-refractivity contribution in [1.82, 2.24) is 19.6 Å². The molecule has 0 aliphatic rings. The molecule has 3 aromatic heterocycles. The Morgan fingerprint density at radius 2 is 1.79 bits per heavy atom. The van der Waals surface area contributed by atoms with E-state index in [4.69, 9.17) is 9.90 Å². The van der Waals surface area contributed by atoms with Crippen LogP contribution < -0.4 is 5.56 Å². The molecule has 0 saturated heterocycles. The second-order valence-corrected chi connectivity index (χ2v) is 6.70. The summed E-state index contributed by atoms with van der Waals surface area (Å²) < 4.78 is 1.45. The maximum atomic E-state index is 12.5. The van der Waals surface area contributed by atoms with E-state index in [9.17, 15) is 4.79 Å². The first kappa shape index (κ1) is 20.0. The van der Waals surface area contributed by atoms with E-state index in [1.807, 2.05) is 31.2 Å². The first-order chi connectivity index (χ1) is 13.9. The highest BCUT2D eigenvalue weighted by Crippen LogP contribution is 2.22. The number of pyridine rings is 1. The summed E-state index contributed by atoms with van der Waals surface area (Å²) in [6, 6.07) is 13.6. The van der Waals surface area contributed by atoms with Crippen molar-refractivity contribution >= 4 is 11.6 Å². The molecule has 0 atom stereocenters. The van der Waals surface area contributed by atoms with Gasteiger partial charge in [0.1, 0.15) is 5.65 Å². The van der Waals surface area contributed by atoms with Crippen LogP contribution in [0.5, 0.6) is 0 Å². The van der Waals surface area contributed by atoms with Gasteiger partial charge in [-0.1, -0.05) is 24.3 Å². The average molecular weight is 390 g/mol. The van der Waals surface area contributed by atoms with Gasteiger partial charge in [0, 0.05) is 42.9 Å². The molecule has 0 spiro atoms. The highest BCUT2D eigenvalue weighted by atomic mass is 16.4. The van der Waals surface area contributed by atoms with Gasteiger partial charge >= 0.3 is 0 Å². The number of carbonyl (C=O) groups is 1. The Labute approximate surface area is 167 Å². The van der Waals surface area contributed by atoms with Gasteiger partial charge < -0.3 is 10.1 Å². The van der Waals surface area contributed by atoms with E-state index in [-0.39, 0.29) is 5.56 Å². The molecule has 2 N–H and O–H groups in total. The van der Waals surface area contributed by atoms with E-state index in [1.54, 1.807) is 18.5 Å². The molecule has 7 heteroatoms. The summed E-state index contributed by atoms with van der Waals surface area (Å²) in [4.78, 5) is 28.9. The number of hydrogen-bond acceptors (Lipinski definition) is 4. The van der Waals surface area contributed by atoms with Gasteiger partial charge in [-0.2, -0.15) is 9.61 Å². The summed E-state index contributed by atoms with van der Waals surface area (Å²) in [5.74, 6) is -0.833. The maximum Gasteiger partial charge on any atom is 0.300 e. The monoisotopic (exact) mass is 390 g/mol. The minimum atomic E-state index is -0.833. The van der Waals surface area contributed by atoms with Crippen molar-refractivity contribution in [3.63, 3.8) is 0 Å². The number of aryl methyl sites for hydroxylation is 2. The van der Waals surface area contributed by atoms with Crippen LogP contribution in [0.4, 0.5) is 0 Å². The number of carboxylic acid groups (broad SMARTS) is 1. The van der Waals surface area contributed by atoms with Crippen LogP contribution in [-0.2, 0) is 11.2 Å². The zero-order valence-electron chi connectivity index (χ0n) is 16.5. The van der Waals surface area contributed by atoms with E-state index in [1.165, 1.54) is 15.6 Å². The SMILES string of the molecule is CC(=O)O.Cc1ccccc1Cc1c(C)nn2c(=O)cc(-c3ccncc3)[nH]c12. The molecule has 3 heterocycles. The van der Waals surface area contributed by atoms with Crippen molar-refractivity contribution < 1.29 is 9.90 Å². The van der Waals surface area contributed by atoms with E-state index in [0.717, 1.165) is 41.5 Å². The zero-order chi connectivity index (χ0) is 21.0. The molecule has 0 fully saturated rings. The second-order valence-electron chi connectivity index (χ2n) is 6.70. The molecule has 0 aliphatic carbocycles. The zero-order valence-corrected chi connectivity index (χ0v) is 16.5. The van der Waals surface area contributed by atoms with E-state index in [0.29, 0.717) is 0 Å². The lowest BCUT2D eigenvalue weighted by molar-refractivity contribution is -0.134. The van der Waals surface area contributed by atoms with Crippen LogP contribution in [0, 0.1) is 13.8 Å². The first-order valence-corrected chi connectivity index (χ1v) is 9.12. The molecular weight excluding hydrogens is 368 g/mol. The molecule has 0 aliphatic heterocycles. The van der Waals surface area contributed by atoms with Crippen molar-refractivity contribution in [2.45, 2.75) is 27.2 Å². The molecule has 1 aromatic carbocycles. The quantitative estimate of drug-likeness (QED) is 0.558. The Morgan fingerprint density at radius 3 is 2.45 bits per heavy atom. The Kier molecular flexibility index (Phi) is 5.87. The van der Waals surface area contributed by atoms with E-state index in [2.05, 4.69) is 34.1 Å². The standard InChI is InChI=1S/C20H18N4O.C2H4O2/c1-13-5-3-4-6-16(13)11-17-14(2)23-24-19(25)12-18(22-20(17)24)15-7-9-21-10-8-15;1-2(3)4/h3-10,12,22H,11H2,1-2H3;1H3,(H,3,4). The van der Waals surface area contributed by atoms with Crippen LogP contribution in [0.2, 0.25) is 0 Å². The normalized spacial score (nSPS) is 10.4. The molecule has 7 nitrogen and oxygen atoms in total. The third-order valence-electron chi connectivity index (χ3n) is 4.53. The van der Waals surface area contributed by atoms with Gasteiger partial charge in [0.25, 0.3) is 11.5 Å². The van der Waals surface area contributed by atoms with Gasteiger partial charge in [0.15, 0.2) is 0 Å². The topological polar surface area (TPSA) is 100 Å². The number of fused-ring (bicyclic) bond motifs is 1. The van der Waals surface area contributed by atoms with Crippen molar-refractivity contribution in [2.75, 3.05) is 0 Å². The van der Waals surface area contributed by atoms with Crippen molar-refractivity contribution in [1.29, 1.82) is 0 Å². The van der Waals surface area contributed by atoms with Gasteiger partial charge in [0.05, 0.1) is 11.4 Å². The largest absolute Gasteiger partial charge is 0.481 e. The number of nitrogens with one attached hydrogen (secondary N) is 1. The fraction of sp³-hybridized carbons (Fsp3) is 0.182. The van der Waals surface area contributed by atoms with E-state index >= 15 is 0 Å². The molecule has 0 radical (unpaired) electrons. The lowest BCUT2D eigenvalue weighted by atomic mass is 10.0. The third kappa shape index (κ3) is 4.57. The van der Waals surface area contributed by atoms with E-state index < -0.39 is 5.97 Å². The third-order valence-corrected chi connectivity index (χ3v) is 4.53. The summed E-state index contributed by atoms with van der Waals surface area (Å²) >= 11 is 0. The van der Waals surface area contributed by atoms with Gasteiger partial charge in [-0.25, -0.2) is 0 Å². The van der Waals surface area contributed by atoms with Gasteiger partial charge in [-0.05, 0) is 37.1 Å². The number of hydrogen-bond donors (Lipinski definition) is 2. The fourth-order valence-electron chi connectivity index (χ4n) is 3.09. The van der Waals surface area contributed by atoms with Crippen LogP contribution in [0.25, 0.3) is 16.9 Å². The number of rotatable bonds is 3. The summed E-state index contributed by atoms with van der Waals surface area (Å²) in [5, 5.41) is 11.9. The molecule has 148 valence electrons. The van der Waals surface area contributed by atoms with Crippen molar-refractivity contribution in [2.24, 2.45) is 0 Å². The lowest BCUT2D eigenvalue weighted by Gasteiger charge is -2.07. The molecule has 0 amide bonds. The summed E-state index contributed by atoms with van der Waals surface area (Å²) in [6.45, 7) is 5.13. The summed E-state index contributed by atoms with van der Waals surface area (Å²) in [5.41, 5.74) is 6.68. The molecular formula is C22H22N4O3. The van der Waals surface area contributed by atoms with Crippen LogP contribution >= 0.6 is 0 Å². The van der Waals surface area contributed by atoms with Crippen molar-refractivity contribution in [3.05, 3.63) is 87.6 Å². The van der Waals surface area contributed by atoms with Gasteiger partial charge in [-0.3, -0.25) is 14.6 Å². The Hall–Kier alpha value is -3.74. The molecule has 29 heavy (non-hydrogen) atoms. The van der Waals surface area contributed by atoms with Crippen LogP contribution in [0.3, 0.4) is 0 Å². The van der Waals surface area contributed by atoms with Crippen LogP contribution in [0.15, 0.2) is 59.7 Å². The molecule has 4 rings (SSSR count). The Morgan fingerprint density at radius 1 is 1.14 bits per heavy atom. The number of benzene rings is 1. The number of carboxylic acids is 1. The number of nitrogens with zero attached hydrogens (tertiary/aromatic N) is 3. The fourth-order valence-corrected chi connectivity index (χ4v) is 3.09. The minimum Gasteiger partial charge on any atom is -0.481 e. The smallest absolute Gasteiger partial charge is 0.300 e. The predicted molar refractivity (Wildman–Crippen MR) is 111 cm³/mol. The van der Waals surface area contributed by atoms with Crippen LogP contribution in [0.1, 0.15) is 29.3 Å². The number of aromatic nitrogens is 4. The van der Waals surface area contributed by atoms with Gasteiger partial charge in [-0.15, -0.1) is 0 Å². The number of H-pyrrole nitrogens is 1. The number of aliphatic carboxylic acids is 1. The first-order valence-electron chi connectivity index (χ1n) is 9.12. The number of aromatic amines is 1. The summed E-state index contributed by atoms with van der Waals surface area (Å²) in [7, 11) is 0. The maximum absolute atomic E-state index is 12.5. The molecule has 0 unspecified atom stereocenters. The Bertz CT molecular complexity index is 1210. The molecule has 4 aromatic rings. The van der Waals surface area contributed by atoms with Gasteiger partial charge in [0.2, 0.25) is 0 Å². The second kappa shape index (κ2) is 8.52. The molecule has 0 saturated carbocycles. The lowest BCUT2D eigenvalue weighted by Crippen LogP contribution is -2.14. The Balaban J connectivity index is 0.000000552.